The minimum atomic E-state index is -0.332. The van der Waals surface area contributed by atoms with Crippen molar-refractivity contribution in [3.05, 3.63) is 82.9 Å². The van der Waals surface area contributed by atoms with E-state index in [1.54, 1.807) is 0 Å². The van der Waals surface area contributed by atoms with Crippen LogP contribution in [0.5, 0.6) is 0 Å². The van der Waals surface area contributed by atoms with Crippen molar-refractivity contribution in [3.8, 4) is 0 Å². The third-order valence-corrected chi connectivity index (χ3v) is 5.19. The maximum Gasteiger partial charge on any atom is 0.173 e. The first kappa shape index (κ1) is 13.5. The van der Waals surface area contributed by atoms with E-state index in [1.165, 1.54) is 23.1 Å². The van der Waals surface area contributed by atoms with E-state index >= 15 is 0 Å². The van der Waals surface area contributed by atoms with Crippen LogP contribution in [0.1, 0.15) is 40.7 Å². The second-order valence-corrected chi connectivity index (χ2v) is 6.53. The molecule has 0 amide bonds. The van der Waals surface area contributed by atoms with Gasteiger partial charge in [0.15, 0.2) is 5.78 Å². The number of Topliss-reactive ketones (excluding diaryl/α,β-unsaturated/α-hetero) is 1. The zero-order valence-corrected chi connectivity index (χ0v) is 12.7. The van der Waals surface area contributed by atoms with Crippen LogP contribution in [0.4, 0.5) is 0 Å². The predicted molar refractivity (Wildman–Crippen MR) is 89.0 cm³/mol. The van der Waals surface area contributed by atoms with Crippen molar-refractivity contribution in [2.24, 2.45) is 5.41 Å². The summed E-state index contributed by atoms with van der Waals surface area (Å²) in [5.74, 6) is 0.333. The highest BCUT2D eigenvalue weighted by Gasteiger charge is 2.47. The van der Waals surface area contributed by atoms with Gasteiger partial charge in [0.1, 0.15) is 0 Å². The smallest absolute Gasteiger partial charge is 0.173 e. The molecule has 0 aromatic heterocycles. The molecule has 2 aliphatic rings. The highest BCUT2D eigenvalue weighted by molar-refractivity contribution is 6.07. The van der Waals surface area contributed by atoms with Gasteiger partial charge in [-0.2, -0.15) is 0 Å². The number of carbonyl (C=O) groups excluding carboxylic acids is 1. The van der Waals surface area contributed by atoms with Crippen molar-refractivity contribution >= 4 is 5.78 Å². The van der Waals surface area contributed by atoms with Crippen LogP contribution in [-0.2, 0) is 12.8 Å². The number of rotatable bonds is 3. The molecule has 0 bridgehead atoms. The predicted octanol–water partition coefficient (Wildman–Crippen LogP) is 4.76. The van der Waals surface area contributed by atoms with Crippen LogP contribution < -0.4 is 0 Å². The largest absolute Gasteiger partial charge is 0.293 e. The van der Waals surface area contributed by atoms with Gasteiger partial charge in [-0.25, -0.2) is 0 Å². The standard InChI is InChI=1S/C21H20O/c22-20-19-13-7-4-10-17(19)15-21(20,18-11-5-6-12-18)14-16-8-2-1-3-9-16/h1-4,7-11,13H,5-6,12,14-15H2. The maximum atomic E-state index is 13.3. The van der Waals surface area contributed by atoms with Crippen molar-refractivity contribution in [1.82, 2.24) is 0 Å². The summed E-state index contributed by atoms with van der Waals surface area (Å²) in [5.41, 5.74) is 4.46. The van der Waals surface area contributed by atoms with E-state index in [1.807, 2.05) is 24.3 Å². The molecular weight excluding hydrogens is 268 g/mol. The summed E-state index contributed by atoms with van der Waals surface area (Å²) in [6, 6.07) is 18.6. The Morgan fingerprint density at radius 3 is 2.45 bits per heavy atom. The lowest BCUT2D eigenvalue weighted by Gasteiger charge is -2.29. The lowest BCUT2D eigenvalue weighted by molar-refractivity contribution is 0.0859. The first-order chi connectivity index (χ1) is 10.8. The fraction of sp³-hybridized carbons (Fsp3) is 0.286. The van der Waals surface area contributed by atoms with Gasteiger partial charge in [0.05, 0.1) is 5.41 Å². The number of fused-ring (bicyclic) bond motifs is 1. The SMILES string of the molecule is O=C1c2ccccc2CC1(Cc1ccccc1)C1=CCCC1. The lowest BCUT2D eigenvalue weighted by Crippen LogP contribution is -2.32. The molecule has 2 aromatic rings. The van der Waals surface area contributed by atoms with Crippen molar-refractivity contribution in [2.45, 2.75) is 32.1 Å². The number of benzene rings is 2. The van der Waals surface area contributed by atoms with Gasteiger partial charge in [0.25, 0.3) is 0 Å². The normalized spacial score (nSPS) is 23.5. The minimum Gasteiger partial charge on any atom is -0.293 e. The first-order valence-corrected chi connectivity index (χ1v) is 8.16. The van der Waals surface area contributed by atoms with E-state index in [2.05, 4.69) is 36.4 Å². The quantitative estimate of drug-likeness (QED) is 0.744. The summed E-state index contributed by atoms with van der Waals surface area (Å²) in [6.07, 6.45) is 7.40. The highest BCUT2D eigenvalue weighted by atomic mass is 16.1. The van der Waals surface area contributed by atoms with E-state index < -0.39 is 0 Å². The molecule has 0 saturated carbocycles. The molecule has 2 aliphatic carbocycles. The molecule has 4 rings (SSSR count). The average molecular weight is 288 g/mol. The second-order valence-electron chi connectivity index (χ2n) is 6.53. The van der Waals surface area contributed by atoms with E-state index in [9.17, 15) is 4.79 Å². The van der Waals surface area contributed by atoms with Gasteiger partial charge < -0.3 is 0 Å². The second kappa shape index (κ2) is 5.24. The molecule has 0 N–H and O–H groups in total. The molecule has 0 radical (unpaired) electrons. The summed E-state index contributed by atoms with van der Waals surface area (Å²) in [7, 11) is 0. The molecule has 110 valence electrons. The summed E-state index contributed by atoms with van der Waals surface area (Å²) in [5, 5.41) is 0. The third-order valence-electron chi connectivity index (χ3n) is 5.19. The lowest BCUT2D eigenvalue weighted by atomic mass is 9.71. The van der Waals surface area contributed by atoms with Gasteiger partial charge in [0, 0.05) is 5.56 Å². The molecule has 0 spiro atoms. The maximum absolute atomic E-state index is 13.3. The number of hydrogen-bond acceptors (Lipinski definition) is 1. The Morgan fingerprint density at radius 1 is 0.955 bits per heavy atom. The molecule has 1 unspecified atom stereocenters. The molecule has 0 saturated heterocycles. The molecule has 2 aromatic carbocycles. The van der Waals surface area contributed by atoms with Crippen LogP contribution in [0.25, 0.3) is 0 Å². The van der Waals surface area contributed by atoms with E-state index in [-0.39, 0.29) is 5.41 Å². The topological polar surface area (TPSA) is 17.1 Å². The van der Waals surface area contributed by atoms with E-state index in [0.29, 0.717) is 5.78 Å². The summed E-state index contributed by atoms with van der Waals surface area (Å²) in [4.78, 5) is 13.3. The van der Waals surface area contributed by atoms with Crippen LogP contribution in [0.2, 0.25) is 0 Å². The Kier molecular flexibility index (Phi) is 3.22. The third kappa shape index (κ3) is 2.04. The summed E-state index contributed by atoms with van der Waals surface area (Å²) in [6.45, 7) is 0. The van der Waals surface area contributed by atoms with Gasteiger partial charge in [-0.05, 0) is 43.2 Å². The van der Waals surface area contributed by atoms with Crippen molar-refractivity contribution in [1.29, 1.82) is 0 Å². The van der Waals surface area contributed by atoms with Crippen LogP contribution in [-0.4, -0.2) is 5.78 Å². The Morgan fingerprint density at radius 2 is 1.73 bits per heavy atom. The van der Waals surface area contributed by atoms with Crippen LogP contribution >= 0.6 is 0 Å². The zero-order valence-electron chi connectivity index (χ0n) is 12.7. The number of carbonyl (C=O) groups is 1. The molecule has 1 atom stereocenters. The molecule has 0 aliphatic heterocycles. The zero-order chi connectivity index (χ0) is 15.0. The number of ketones is 1. The van der Waals surface area contributed by atoms with Gasteiger partial charge in [-0.15, -0.1) is 0 Å². The van der Waals surface area contributed by atoms with Gasteiger partial charge in [-0.3, -0.25) is 4.79 Å². The number of allylic oxidation sites excluding steroid dienone is 2. The van der Waals surface area contributed by atoms with Gasteiger partial charge in [0.2, 0.25) is 0 Å². The van der Waals surface area contributed by atoms with E-state index in [0.717, 1.165) is 31.2 Å². The molecule has 0 fully saturated rings. The molecular formula is C21H20O. The monoisotopic (exact) mass is 288 g/mol. The Balaban J connectivity index is 1.80. The van der Waals surface area contributed by atoms with Crippen molar-refractivity contribution < 1.29 is 4.79 Å². The Bertz CT molecular complexity index is 742. The van der Waals surface area contributed by atoms with Gasteiger partial charge >= 0.3 is 0 Å². The molecule has 1 nitrogen and oxygen atoms in total. The fourth-order valence-corrected chi connectivity index (χ4v) is 4.12. The molecule has 1 heteroatoms. The molecule has 22 heavy (non-hydrogen) atoms. The van der Waals surface area contributed by atoms with Crippen LogP contribution in [0.15, 0.2) is 66.2 Å². The van der Waals surface area contributed by atoms with Crippen LogP contribution in [0, 0.1) is 5.41 Å². The summed E-state index contributed by atoms with van der Waals surface area (Å²) >= 11 is 0. The fourth-order valence-electron chi connectivity index (χ4n) is 4.12. The Hall–Kier alpha value is -2.15. The molecule has 0 heterocycles. The Labute approximate surface area is 131 Å². The minimum absolute atomic E-state index is 0.332. The van der Waals surface area contributed by atoms with Crippen molar-refractivity contribution in [3.63, 3.8) is 0 Å². The van der Waals surface area contributed by atoms with E-state index in [4.69, 9.17) is 0 Å². The summed E-state index contributed by atoms with van der Waals surface area (Å²) < 4.78 is 0. The van der Waals surface area contributed by atoms with Crippen LogP contribution in [0.3, 0.4) is 0 Å². The van der Waals surface area contributed by atoms with Gasteiger partial charge in [-0.1, -0.05) is 66.2 Å². The average Bonchev–Trinajstić information content (AvgIpc) is 3.17. The van der Waals surface area contributed by atoms with Crippen molar-refractivity contribution in [2.75, 3.05) is 0 Å². The first-order valence-electron chi connectivity index (χ1n) is 8.16. The highest BCUT2D eigenvalue weighted by Crippen LogP contribution is 2.48. The number of hydrogen-bond donors (Lipinski definition) is 0.